The van der Waals surface area contributed by atoms with Gasteiger partial charge < -0.3 is 77.2 Å². The molecule has 0 unspecified atom stereocenters. The van der Waals surface area contributed by atoms with E-state index in [9.17, 15) is 34.0 Å². The second-order valence-electron chi connectivity index (χ2n) is 18.3. The molecule has 0 aliphatic carbocycles. The smallest absolute Gasteiger partial charge is 0.335 e. The molecule has 1 aromatic heterocycles. The Kier molecular flexibility index (Phi) is 29.5. The number of hydrogen-bond donors (Lipinski definition) is 2. The lowest BCUT2D eigenvalue weighted by atomic mass is 9.87. The van der Waals surface area contributed by atoms with Crippen LogP contribution < -0.4 is 15.5 Å². The van der Waals surface area contributed by atoms with Gasteiger partial charge in [-0.2, -0.15) is 5.26 Å². The SMILES string of the molecule is N#Cc1cccc(N2C(=O)NC3(CCN(C(=O)Nc4cccc(-c5cn(CCOCCOCCOCCOCCOCCOCCOCCOCCOCCOCCOCCOCCC(=O)ON6C(=O)CCC6=O)nn5)c4)CC3)C2=O)c1. The topological polar surface area (TPSA) is 311 Å². The number of carbonyl (C=O) groups excluding carboxylic acids is 6. The lowest BCUT2D eigenvalue weighted by molar-refractivity contribution is -0.198. The fourth-order valence-corrected chi connectivity index (χ4v) is 8.14. The lowest BCUT2D eigenvalue weighted by Crippen LogP contribution is -2.56. The summed E-state index contributed by atoms with van der Waals surface area (Å²) >= 11 is 0. The van der Waals surface area contributed by atoms with Crippen molar-refractivity contribution in [3.05, 3.63) is 60.3 Å². The number of imide groups is 2. The van der Waals surface area contributed by atoms with Gasteiger partial charge in [0.25, 0.3) is 17.7 Å². The maximum absolute atomic E-state index is 13.5. The second kappa shape index (κ2) is 37.5. The predicted molar refractivity (Wildman–Crippen MR) is 287 cm³/mol. The molecule has 82 heavy (non-hydrogen) atoms. The molecule has 6 rings (SSSR count). The number of ether oxygens (including phenoxy) is 12. The molecule has 3 fully saturated rings. The molecule has 1 spiro atoms. The van der Waals surface area contributed by atoms with Crippen LogP contribution in [0.1, 0.15) is 37.7 Å². The van der Waals surface area contributed by atoms with E-state index >= 15 is 0 Å². The first kappa shape index (κ1) is 64.6. The maximum Gasteiger partial charge on any atom is 0.335 e. The number of carbonyl (C=O) groups is 6. The zero-order valence-corrected chi connectivity index (χ0v) is 46.2. The number of amides is 7. The molecular weight excluding hydrogens is 1080 g/mol. The number of nitriles is 1. The minimum absolute atomic E-state index is 0.0482. The Morgan fingerprint density at radius 3 is 1.55 bits per heavy atom. The average molecular weight is 1150 g/mol. The normalized spacial score (nSPS) is 15.0. The summed E-state index contributed by atoms with van der Waals surface area (Å²) in [6, 6.07) is 14.8. The Labute approximate surface area is 475 Å². The summed E-state index contributed by atoms with van der Waals surface area (Å²) in [6.45, 7) is 10.7. The Morgan fingerprint density at radius 2 is 1.06 bits per heavy atom. The van der Waals surface area contributed by atoms with E-state index in [1.165, 1.54) is 6.07 Å². The minimum atomic E-state index is -1.12. The molecule has 2 aromatic carbocycles. The van der Waals surface area contributed by atoms with Gasteiger partial charge in [-0.25, -0.2) is 24.0 Å². The fourth-order valence-electron chi connectivity index (χ4n) is 8.14. The van der Waals surface area contributed by atoms with Crippen LogP contribution in [0.4, 0.5) is 21.0 Å². The summed E-state index contributed by atoms with van der Waals surface area (Å²) in [7, 11) is 0. The number of hydroxylamine groups is 2. The third-order valence-corrected chi connectivity index (χ3v) is 12.5. The highest BCUT2D eigenvalue weighted by molar-refractivity contribution is 6.23. The van der Waals surface area contributed by atoms with Gasteiger partial charge in [0.15, 0.2) is 0 Å². The van der Waals surface area contributed by atoms with Crippen LogP contribution in [-0.2, 0) is 87.4 Å². The molecule has 3 aliphatic heterocycles. The van der Waals surface area contributed by atoms with Crippen molar-refractivity contribution in [2.75, 3.05) is 182 Å². The number of likely N-dealkylation sites (tertiary alicyclic amines) is 1. The largest absolute Gasteiger partial charge is 0.378 e. The summed E-state index contributed by atoms with van der Waals surface area (Å²) in [5, 5.41) is 24.0. The first-order chi connectivity index (χ1) is 40.2. The number of nitrogens with one attached hydrogen (secondary N) is 2. The summed E-state index contributed by atoms with van der Waals surface area (Å²) in [6.07, 6.45) is 2.31. The van der Waals surface area contributed by atoms with Crippen LogP contribution in [0, 0.1) is 11.3 Å². The van der Waals surface area contributed by atoms with E-state index in [4.69, 9.17) is 61.7 Å². The van der Waals surface area contributed by atoms with E-state index in [0.29, 0.717) is 180 Å². The van der Waals surface area contributed by atoms with Crippen LogP contribution in [0.5, 0.6) is 0 Å². The van der Waals surface area contributed by atoms with Crippen molar-refractivity contribution in [3.8, 4) is 17.3 Å². The molecule has 0 atom stereocenters. The highest BCUT2D eigenvalue weighted by Crippen LogP contribution is 2.33. The van der Waals surface area contributed by atoms with Crippen molar-refractivity contribution in [2.24, 2.45) is 0 Å². The zero-order valence-electron chi connectivity index (χ0n) is 46.2. The van der Waals surface area contributed by atoms with Crippen molar-refractivity contribution in [2.45, 2.75) is 44.2 Å². The summed E-state index contributed by atoms with van der Waals surface area (Å²) in [5.74, 6) is -2.14. The molecular formula is C54H75N9O19. The number of benzene rings is 2. The van der Waals surface area contributed by atoms with Gasteiger partial charge in [0.05, 0.1) is 195 Å². The molecule has 0 saturated carbocycles. The van der Waals surface area contributed by atoms with Crippen molar-refractivity contribution < 1.29 is 90.4 Å². The fraction of sp³-hybridized carbons (Fsp3) is 0.611. The van der Waals surface area contributed by atoms with Gasteiger partial charge in [0.1, 0.15) is 11.2 Å². The first-order valence-corrected chi connectivity index (χ1v) is 27.4. The van der Waals surface area contributed by atoms with E-state index < -0.39 is 35.3 Å². The van der Waals surface area contributed by atoms with Gasteiger partial charge in [-0.15, -0.1) is 10.2 Å². The first-order valence-electron chi connectivity index (χ1n) is 27.4. The van der Waals surface area contributed by atoms with Crippen LogP contribution in [0.25, 0.3) is 11.3 Å². The van der Waals surface area contributed by atoms with Gasteiger partial charge in [-0.1, -0.05) is 23.4 Å². The van der Waals surface area contributed by atoms with Crippen LogP contribution in [0.15, 0.2) is 54.7 Å². The summed E-state index contributed by atoms with van der Waals surface area (Å²) in [4.78, 5) is 81.7. The number of piperidine rings is 1. The molecule has 3 aliphatic rings. The van der Waals surface area contributed by atoms with Gasteiger partial charge in [0.2, 0.25) is 0 Å². The number of rotatable bonds is 43. The Hall–Kier alpha value is -6.59. The summed E-state index contributed by atoms with van der Waals surface area (Å²) < 4.78 is 67.7. The van der Waals surface area contributed by atoms with Crippen LogP contribution in [0.3, 0.4) is 0 Å². The lowest BCUT2D eigenvalue weighted by Gasteiger charge is -2.37. The quantitative estimate of drug-likeness (QED) is 0.0466. The van der Waals surface area contributed by atoms with E-state index in [2.05, 4.69) is 20.9 Å². The van der Waals surface area contributed by atoms with Crippen LogP contribution >= 0.6 is 0 Å². The standard InChI is InChI=1S/C54H75N9O19/c55-41-43-3-1-6-46(39-43)62-51(67)54(57-53(62)69)10-12-60(13-11-54)52(68)56-45-5-2-4-44(40-45)47-42-61(59-58-47)14-16-71-18-20-73-22-24-75-26-28-77-30-32-79-34-36-81-38-37-80-35-33-78-31-29-76-27-25-74-23-21-72-19-17-70-15-9-50(66)82-63-48(64)7-8-49(63)65/h1-6,39-40,42H,7-38H2,(H,56,68)(H,57,69). The predicted octanol–water partition coefficient (Wildman–Crippen LogP) is 2.14. The van der Waals surface area contributed by atoms with Crippen molar-refractivity contribution in [1.82, 2.24) is 30.3 Å². The van der Waals surface area contributed by atoms with Crippen LogP contribution in [0.2, 0.25) is 0 Å². The van der Waals surface area contributed by atoms with Gasteiger partial charge in [-0.05, 0) is 43.2 Å². The molecule has 2 N–H and O–H groups in total. The Balaban J connectivity index is 0.631. The number of hydrogen-bond acceptors (Lipinski definition) is 22. The monoisotopic (exact) mass is 1150 g/mol. The number of urea groups is 2. The van der Waals surface area contributed by atoms with Crippen molar-refractivity contribution >= 4 is 47.1 Å². The van der Waals surface area contributed by atoms with E-state index in [-0.39, 0.29) is 64.4 Å². The van der Waals surface area contributed by atoms with Gasteiger partial charge in [-0.3, -0.25) is 14.4 Å². The number of aromatic nitrogens is 3. The van der Waals surface area contributed by atoms with E-state index in [1.807, 2.05) is 24.3 Å². The highest BCUT2D eigenvalue weighted by atomic mass is 16.7. The average Bonchev–Trinajstić information content (AvgIpc) is 4.03. The second-order valence-corrected chi connectivity index (χ2v) is 18.3. The summed E-state index contributed by atoms with van der Waals surface area (Å²) in [5.41, 5.74) is 1.50. The number of anilines is 2. The van der Waals surface area contributed by atoms with Gasteiger partial charge >= 0.3 is 18.0 Å². The molecule has 0 bridgehead atoms. The maximum atomic E-state index is 13.5. The van der Waals surface area contributed by atoms with Crippen molar-refractivity contribution in [3.63, 3.8) is 0 Å². The number of nitrogens with zero attached hydrogens (tertiary/aromatic N) is 7. The molecule has 3 aromatic rings. The molecule has 4 heterocycles. The molecule has 28 nitrogen and oxygen atoms in total. The molecule has 28 heteroatoms. The van der Waals surface area contributed by atoms with E-state index in [1.54, 1.807) is 40.0 Å². The van der Waals surface area contributed by atoms with Crippen LogP contribution in [-0.4, -0.2) is 238 Å². The zero-order chi connectivity index (χ0) is 57.9. The molecule has 7 amide bonds. The molecule has 3 saturated heterocycles. The van der Waals surface area contributed by atoms with Crippen molar-refractivity contribution in [1.29, 1.82) is 5.26 Å². The Bertz CT molecular complexity index is 2460. The molecule has 0 radical (unpaired) electrons. The third kappa shape index (κ3) is 23.0. The third-order valence-electron chi connectivity index (χ3n) is 12.5. The van der Waals surface area contributed by atoms with E-state index in [0.717, 1.165) is 10.5 Å². The highest BCUT2D eigenvalue weighted by Gasteiger charge is 2.53. The minimum Gasteiger partial charge on any atom is -0.378 e. The molecule has 450 valence electrons. The van der Waals surface area contributed by atoms with Gasteiger partial charge in [0, 0.05) is 37.2 Å². The Morgan fingerprint density at radius 1 is 0.598 bits per heavy atom.